The summed E-state index contributed by atoms with van der Waals surface area (Å²) in [7, 11) is 0. The average molecular weight is 243 g/mol. The van der Waals surface area contributed by atoms with Gasteiger partial charge in [-0.25, -0.2) is 0 Å². The Morgan fingerprint density at radius 1 is 1.33 bits per heavy atom. The van der Waals surface area contributed by atoms with E-state index in [9.17, 15) is 0 Å². The first-order valence-electron chi connectivity index (χ1n) is 4.28. The van der Waals surface area contributed by atoms with Crippen molar-refractivity contribution >= 4 is 10.2 Å². The van der Waals surface area contributed by atoms with Gasteiger partial charge in [-0.05, 0) is 0 Å². The van der Waals surface area contributed by atoms with Crippen molar-refractivity contribution in [3.05, 3.63) is 60.7 Å². The quantitative estimate of drug-likeness (QED) is 0.215. The number of hydrogen-bond donors (Lipinski definition) is 1. The average Bonchev–Trinajstić information content (AvgIpc) is 2.29. The Kier molecular flexibility index (Phi) is 4.72. The van der Waals surface area contributed by atoms with Crippen LogP contribution in [0.5, 0.6) is 0 Å². The van der Waals surface area contributed by atoms with Gasteiger partial charge in [0.2, 0.25) is 0 Å². The van der Waals surface area contributed by atoms with Crippen molar-refractivity contribution in [1.29, 1.82) is 0 Å². The third kappa shape index (κ3) is 3.30. The molecular formula is C12H10NNiO-. The zero-order valence-corrected chi connectivity index (χ0v) is 8.89. The molecule has 0 unspecified atom stereocenters. The van der Waals surface area contributed by atoms with Crippen molar-refractivity contribution in [1.82, 2.24) is 0 Å². The number of allylic oxidation sites excluding steroid dienone is 3. The summed E-state index contributed by atoms with van der Waals surface area (Å²) >= 11 is 4.75. The summed E-state index contributed by atoms with van der Waals surface area (Å²) in [5.41, 5.74) is 1.16. The summed E-state index contributed by atoms with van der Waals surface area (Å²) in [5.74, 6) is 0. The maximum atomic E-state index is 8.88. The molecule has 15 heavy (non-hydrogen) atoms. The normalized spacial score (nSPS) is 11.7. The van der Waals surface area contributed by atoms with Crippen LogP contribution in [0.4, 0.5) is 0 Å². The predicted molar refractivity (Wildman–Crippen MR) is 57.8 cm³/mol. The predicted octanol–water partition coefficient (Wildman–Crippen LogP) is 2.13. The molecule has 0 aliphatic carbocycles. The molecule has 0 bridgehead atoms. The van der Waals surface area contributed by atoms with Gasteiger partial charge in [-0.2, -0.15) is 0 Å². The molecule has 0 aliphatic rings. The first kappa shape index (κ1) is 11.6. The number of benzene rings is 1. The molecule has 0 aliphatic heterocycles. The summed E-state index contributed by atoms with van der Waals surface area (Å²) in [4.78, 5) is 0. The van der Waals surface area contributed by atoms with E-state index in [1.807, 2.05) is 30.3 Å². The summed E-state index contributed by atoms with van der Waals surface area (Å²) in [5, 5.41) is 12.1. The summed E-state index contributed by atoms with van der Waals surface area (Å²) in [6.45, 7) is 5.19. The third-order valence-corrected chi connectivity index (χ3v) is 2.10. The number of oxime groups is 1. The molecular weight excluding hydrogens is 233 g/mol. The van der Waals surface area contributed by atoms with E-state index in [0.29, 0.717) is 10.2 Å². The first-order chi connectivity index (χ1) is 7.29. The molecule has 0 fully saturated rings. The minimum absolute atomic E-state index is 0.383. The Morgan fingerprint density at radius 2 is 2.00 bits per heavy atom. The minimum atomic E-state index is 0.383. The van der Waals surface area contributed by atoms with Crippen molar-refractivity contribution in [3.63, 3.8) is 0 Å². The second-order valence-corrected chi connectivity index (χ2v) is 3.21. The van der Waals surface area contributed by atoms with E-state index in [1.165, 1.54) is 6.08 Å². The molecule has 0 radical (unpaired) electrons. The summed E-state index contributed by atoms with van der Waals surface area (Å²) < 4.78 is 0.477. The first-order valence-corrected chi connectivity index (χ1v) is 4.77. The number of hydrogen-bond acceptors (Lipinski definition) is 2. The molecule has 1 N–H and O–H groups in total. The number of rotatable bonds is 4. The van der Waals surface area contributed by atoms with Gasteiger partial charge in [0, 0.05) is 0 Å². The molecule has 0 heterocycles. The molecule has 0 amide bonds. The Morgan fingerprint density at radius 3 is 2.53 bits per heavy atom. The van der Waals surface area contributed by atoms with Crippen LogP contribution in [0.3, 0.4) is 0 Å². The maximum absolute atomic E-state index is 8.88. The van der Waals surface area contributed by atoms with Crippen LogP contribution in [0.25, 0.3) is 0 Å². The van der Waals surface area contributed by atoms with Gasteiger partial charge in [-0.3, -0.25) is 0 Å². The fourth-order valence-electron chi connectivity index (χ4n) is 1.04. The van der Waals surface area contributed by atoms with E-state index >= 15 is 0 Å². The second-order valence-electron chi connectivity index (χ2n) is 2.68. The summed E-state index contributed by atoms with van der Waals surface area (Å²) in [6.07, 6.45) is 4.61. The fourth-order valence-corrected chi connectivity index (χ4v) is 1.33. The van der Waals surface area contributed by atoms with Gasteiger partial charge < -0.3 is 0 Å². The Bertz CT molecular complexity index is 407. The molecule has 0 saturated heterocycles. The van der Waals surface area contributed by atoms with Gasteiger partial charge in [-0.15, -0.1) is 0 Å². The SMILES string of the molecule is [CH-]=C/C=C\[C](=[Ni])/C(=N/O)c1ccccc1. The second kappa shape index (κ2) is 6.10. The van der Waals surface area contributed by atoms with Gasteiger partial charge in [-0.1, -0.05) is 0 Å². The topological polar surface area (TPSA) is 32.6 Å². The van der Waals surface area contributed by atoms with Crippen molar-refractivity contribution in [3.8, 4) is 0 Å². The van der Waals surface area contributed by atoms with Crippen LogP contribution in [-0.2, 0) is 15.0 Å². The monoisotopic (exact) mass is 242 g/mol. The molecule has 80 valence electrons. The molecule has 2 nitrogen and oxygen atoms in total. The van der Waals surface area contributed by atoms with Crippen LogP contribution >= 0.6 is 0 Å². The molecule has 0 saturated carbocycles. The van der Waals surface area contributed by atoms with Crippen molar-refractivity contribution in [2.75, 3.05) is 0 Å². The fraction of sp³-hybridized carbons (Fsp3) is 0. The van der Waals surface area contributed by atoms with E-state index in [-0.39, 0.29) is 0 Å². The molecule has 0 spiro atoms. The molecule has 1 aromatic carbocycles. The zero-order chi connectivity index (χ0) is 11.1. The molecule has 3 heteroatoms. The van der Waals surface area contributed by atoms with Crippen LogP contribution in [0, 0.1) is 6.58 Å². The van der Waals surface area contributed by atoms with Crippen molar-refractivity contribution in [2.45, 2.75) is 0 Å². The Hall–Kier alpha value is -1.47. The number of nitrogens with zero attached hydrogens (tertiary/aromatic N) is 1. The third-order valence-electron chi connectivity index (χ3n) is 1.70. The van der Waals surface area contributed by atoms with Crippen LogP contribution in [-0.4, -0.2) is 15.4 Å². The molecule has 1 rings (SSSR count). The molecule has 0 aromatic heterocycles. The van der Waals surface area contributed by atoms with Crippen LogP contribution in [0.2, 0.25) is 0 Å². The van der Waals surface area contributed by atoms with E-state index < -0.39 is 0 Å². The van der Waals surface area contributed by atoms with E-state index in [2.05, 4.69) is 5.16 Å². The molecule has 1 aromatic rings. The van der Waals surface area contributed by atoms with Gasteiger partial charge in [0.1, 0.15) is 0 Å². The van der Waals surface area contributed by atoms with Crippen LogP contribution < -0.4 is 0 Å². The van der Waals surface area contributed by atoms with Gasteiger partial charge in [0.05, 0.1) is 0 Å². The zero-order valence-electron chi connectivity index (χ0n) is 7.91. The van der Waals surface area contributed by atoms with E-state index in [1.54, 1.807) is 12.2 Å². The van der Waals surface area contributed by atoms with Crippen LogP contribution in [0.15, 0.2) is 53.7 Å². The standard InChI is InChI=1S/C12H10NO.Ni/c1-2-3-5-10-12(13-14)11-8-6-4-7-9-11;/h1-9,14H;/q-1;/b5-3-,13-12-;. The summed E-state index contributed by atoms with van der Waals surface area (Å²) in [6, 6.07) is 9.25. The van der Waals surface area contributed by atoms with Crippen molar-refractivity contribution < 1.29 is 20.2 Å². The molecule has 0 atom stereocenters. The Balaban J connectivity index is 2.96. The Labute approximate surface area is 96.5 Å². The van der Waals surface area contributed by atoms with Crippen LogP contribution in [0.1, 0.15) is 5.56 Å². The van der Waals surface area contributed by atoms with Gasteiger partial charge in [0.25, 0.3) is 0 Å². The van der Waals surface area contributed by atoms with E-state index in [4.69, 9.17) is 26.8 Å². The van der Waals surface area contributed by atoms with E-state index in [0.717, 1.165) is 5.56 Å². The van der Waals surface area contributed by atoms with Gasteiger partial charge >= 0.3 is 96.3 Å². The van der Waals surface area contributed by atoms with Crippen molar-refractivity contribution in [2.24, 2.45) is 5.16 Å². The van der Waals surface area contributed by atoms with Gasteiger partial charge in [0.15, 0.2) is 0 Å².